The summed E-state index contributed by atoms with van der Waals surface area (Å²) < 4.78 is 13.4. The normalized spacial score (nSPS) is 18.9. The third-order valence-corrected chi connectivity index (χ3v) is 3.99. The molecule has 0 aliphatic carbocycles. The molecule has 106 valence electrons. The molecule has 0 spiro atoms. The summed E-state index contributed by atoms with van der Waals surface area (Å²) in [6.45, 7) is 2.46. The molecular formula is C15H17FN2O2. The van der Waals surface area contributed by atoms with Crippen LogP contribution in [0.4, 0.5) is 4.39 Å². The van der Waals surface area contributed by atoms with Gasteiger partial charge in [0.15, 0.2) is 0 Å². The number of likely N-dealkylation sites (tertiary alicyclic amines) is 1. The Morgan fingerprint density at radius 1 is 1.50 bits per heavy atom. The number of nitrogens with zero attached hydrogens (tertiary/aromatic N) is 1. The number of aromatic nitrogens is 1. The standard InChI is InChI=1S/C15H17FN2O2/c1-9-5-10(16)6-13-12(9)7-14(17-13)15(20)18-4-2-3-11(18)8-19/h5-7,11,17,19H,2-4,8H2,1H3/t11-/m1/s1. The van der Waals surface area contributed by atoms with Gasteiger partial charge in [-0.3, -0.25) is 4.79 Å². The van der Waals surface area contributed by atoms with Crippen molar-refractivity contribution in [1.29, 1.82) is 0 Å². The van der Waals surface area contributed by atoms with Gasteiger partial charge in [-0.15, -0.1) is 0 Å². The minimum Gasteiger partial charge on any atom is -0.394 e. The van der Waals surface area contributed by atoms with E-state index in [2.05, 4.69) is 4.98 Å². The number of aliphatic hydroxyl groups excluding tert-OH is 1. The Kier molecular flexibility index (Phi) is 3.22. The van der Waals surface area contributed by atoms with Crippen molar-refractivity contribution in [2.75, 3.05) is 13.2 Å². The van der Waals surface area contributed by atoms with Crippen LogP contribution in [0.1, 0.15) is 28.9 Å². The molecular weight excluding hydrogens is 259 g/mol. The molecule has 1 saturated heterocycles. The second-order valence-corrected chi connectivity index (χ2v) is 5.34. The smallest absolute Gasteiger partial charge is 0.270 e. The van der Waals surface area contributed by atoms with Crippen molar-refractivity contribution >= 4 is 16.8 Å². The van der Waals surface area contributed by atoms with Gasteiger partial charge in [0.1, 0.15) is 11.5 Å². The van der Waals surface area contributed by atoms with Crippen LogP contribution in [0.15, 0.2) is 18.2 Å². The molecule has 1 aliphatic rings. The molecule has 5 heteroatoms. The van der Waals surface area contributed by atoms with Gasteiger partial charge in [0.05, 0.1) is 12.6 Å². The van der Waals surface area contributed by atoms with Gasteiger partial charge in [-0.05, 0) is 43.5 Å². The minimum absolute atomic E-state index is 0.0143. The van der Waals surface area contributed by atoms with Crippen LogP contribution in [0.2, 0.25) is 0 Å². The van der Waals surface area contributed by atoms with Gasteiger partial charge in [0, 0.05) is 17.4 Å². The number of aromatic amines is 1. The van der Waals surface area contributed by atoms with Crippen LogP contribution in [0.25, 0.3) is 10.9 Å². The number of carbonyl (C=O) groups is 1. The highest BCUT2D eigenvalue weighted by Gasteiger charge is 2.29. The van der Waals surface area contributed by atoms with Crippen LogP contribution >= 0.6 is 0 Å². The van der Waals surface area contributed by atoms with Crippen molar-refractivity contribution in [3.63, 3.8) is 0 Å². The summed E-state index contributed by atoms with van der Waals surface area (Å²) in [6.07, 6.45) is 1.74. The van der Waals surface area contributed by atoms with Crippen LogP contribution in [-0.4, -0.2) is 40.1 Å². The molecule has 1 aromatic heterocycles. The first-order chi connectivity index (χ1) is 9.60. The van der Waals surface area contributed by atoms with Gasteiger partial charge in [0.2, 0.25) is 0 Å². The highest BCUT2D eigenvalue weighted by atomic mass is 19.1. The summed E-state index contributed by atoms with van der Waals surface area (Å²) in [7, 11) is 0. The maximum atomic E-state index is 13.4. The van der Waals surface area contributed by atoms with E-state index in [1.165, 1.54) is 12.1 Å². The summed E-state index contributed by atoms with van der Waals surface area (Å²) in [4.78, 5) is 17.1. The molecule has 4 nitrogen and oxygen atoms in total. The Labute approximate surface area is 116 Å². The van der Waals surface area contributed by atoms with E-state index in [0.29, 0.717) is 17.8 Å². The number of aliphatic hydroxyl groups is 1. The summed E-state index contributed by atoms with van der Waals surface area (Å²) >= 11 is 0. The number of carbonyl (C=O) groups excluding carboxylic acids is 1. The molecule has 1 fully saturated rings. The van der Waals surface area contributed by atoms with Gasteiger partial charge in [-0.1, -0.05) is 0 Å². The summed E-state index contributed by atoms with van der Waals surface area (Å²) in [5, 5.41) is 10.2. The molecule has 3 rings (SSSR count). The van der Waals surface area contributed by atoms with Crippen molar-refractivity contribution < 1.29 is 14.3 Å². The van der Waals surface area contributed by atoms with E-state index < -0.39 is 0 Å². The van der Waals surface area contributed by atoms with Gasteiger partial charge in [0.25, 0.3) is 5.91 Å². The van der Waals surface area contributed by atoms with Crippen molar-refractivity contribution in [3.8, 4) is 0 Å². The van der Waals surface area contributed by atoms with Crippen molar-refractivity contribution in [2.45, 2.75) is 25.8 Å². The fourth-order valence-corrected chi connectivity index (χ4v) is 2.94. The van der Waals surface area contributed by atoms with Crippen LogP contribution in [-0.2, 0) is 0 Å². The molecule has 20 heavy (non-hydrogen) atoms. The predicted molar refractivity (Wildman–Crippen MR) is 74.1 cm³/mol. The first-order valence-electron chi connectivity index (χ1n) is 6.81. The molecule has 0 bridgehead atoms. The summed E-state index contributed by atoms with van der Waals surface area (Å²) in [6, 6.07) is 4.51. The summed E-state index contributed by atoms with van der Waals surface area (Å²) in [5.74, 6) is -0.442. The lowest BCUT2D eigenvalue weighted by Crippen LogP contribution is -2.37. The molecule has 2 N–H and O–H groups in total. The fraction of sp³-hybridized carbons (Fsp3) is 0.400. The average Bonchev–Trinajstić information content (AvgIpc) is 3.03. The number of halogens is 1. The fourth-order valence-electron chi connectivity index (χ4n) is 2.94. The Morgan fingerprint density at radius 3 is 3.05 bits per heavy atom. The van der Waals surface area contributed by atoms with Gasteiger partial charge >= 0.3 is 0 Å². The summed E-state index contributed by atoms with van der Waals surface area (Å²) in [5.41, 5.74) is 1.88. The number of hydrogen-bond donors (Lipinski definition) is 2. The van der Waals surface area contributed by atoms with E-state index in [1.54, 1.807) is 11.0 Å². The van der Waals surface area contributed by atoms with Gasteiger partial charge < -0.3 is 15.0 Å². The monoisotopic (exact) mass is 276 g/mol. The molecule has 1 aromatic carbocycles. The van der Waals surface area contributed by atoms with Crippen LogP contribution in [0, 0.1) is 12.7 Å². The quantitative estimate of drug-likeness (QED) is 0.883. The lowest BCUT2D eigenvalue weighted by atomic mass is 10.1. The topological polar surface area (TPSA) is 56.3 Å². The third-order valence-electron chi connectivity index (χ3n) is 3.99. The highest BCUT2D eigenvalue weighted by Crippen LogP contribution is 2.24. The zero-order valence-electron chi connectivity index (χ0n) is 11.3. The average molecular weight is 276 g/mol. The van der Waals surface area contributed by atoms with Crippen molar-refractivity contribution in [2.24, 2.45) is 0 Å². The number of benzene rings is 1. The Bertz CT molecular complexity index is 665. The van der Waals surface area contributed by atoms with E-state index in [9.17, 15) is 14.3 Å². The second-order valence-electron chi connectivity index (χ2n) is 5.34. The SMILES string of the molecule is Cc1cc(F)cc2[nH]c(C(=O)N3CCC[C@@H]3CO)cc12. The molecule has 1 atom stereocenters. The van der Waals surface area contributed by atoms with Crippen LogP contribution in [0.3, 0.4) is 0 Å². The molecule has 2 heterocycles. The number of rotatable bonds is 2. The molecule has 0 saturated carbocycles. The zero-order valence-corrected chi connectivity index (χ0v) is 11.3. The van der Waals surface area contributed by atoms with E-state index >= 15 is 0 Å². The molecule has 2 aromatic rings. The van der Waals surface area contributed by atoms with Crippen LogP contribution in [0.5, 0.6) is 0 Å². The van der Waals surface area contributed by atoms with Crippen molar-refractivity contribution in [1.82, 2.24) is 9.88 Å². The minimum atomic E-state index is -0.315. The number of fused-ring (bicyclic) bond motifs is 1. The maximum Gasteiger partial charge on any atom is 0.270 e. The van der Waals surface area contributed by atoms with E-state index in [0.717, 1.165) is 23.8 Å². The molecule has 0 unspecified atom stereocenters. The Balaban J connectivity index is 1.98. The predicted octanol–water partition coefficient (Wildman–Crippen LogP) is 2.21. The van der Waals surface area contributed by atoms with Crippen LogP contribution < -0.4 is 0 Å². The lowest BCUT2D eigenvalue weighted by Gasteiger charge is -2.22. The number of aryl methyl sites for hydroxylation is 1. The Morgan fingerprint density at radius 2 is 2.30 bits per heavy atom. The molecule has 1 aliphatic heterocycles. The number of H-pyrrole nitrogens is 1. The van der Waals surface area contributed by atoms with E-state index in [1.807, 2.05) is 6.92 Å². The maximum absolute atomic E-state index is 13.4. The van der Waals surface area contributed by atoms with Gasteiger partial charge in [-0.25, -0.2) is 4.39 Å². The van der Waals surface area contributed by atoms with E-state index in [4.69, 9.17) is 0 Å². The van der Waals surface area contributed by atoms with E-state index in [-0.39, 0.29) is 24.4 Å². The van der Waals surface area contributed by atoms with Gasteiger partial charge in [-0.2, -0.15) is 0 Å². The molecule has 1 amide bonds. The Hall–Kier alpha value is -1.88. The lowest BCUT2D eigenvalue weighted by molar-refractivity contribution is 0.0672. The highest BCUT2D eigenvalue weighted by molar-refractivity contribution is 5.99. The first kappa shape index (κ1) is 13.1. The largest absolute Gasteiger partial charge is 0.394 e. The molecule has 0 radical (unpaired) electrons. The zero-order chi connectivity index (χ0) is 14.3. The van der Waals surface area contributed by atoms with Crippen molar-refractivity contribution in [3.05, 3.63) is 35.3 Å². The number of nitrogens with one attached hydrogen (secondary N) is 1. The number of hydrogen-bond acceptors (Lipinski definition) is 2. The third kappa shape index (κ3) is 2.08. The second kappa shape index (κ2) is 4.90. The number of amides is 1. The first-order valence-corrected chi connectivity index (χ1v) is 6.81.